The summed E-state index contributed by atoms with van der Waals surface area (Å²) in [4.78, 5) is 22.1. The van der Waals surface area contributed by atoms with Gasteiger partial charge in [-0.15, -0.1) is 0 Å². The van der Waals surface area contributed by atoms with Gasteiger partial charge in [0, 0.05) is 16.1 Å². The first kappa shape index (κ1) is 14.0. The van der Waals surface area contributed by atoms with E-state index in [4.69, 9.17) is 0 Å². The van der Waals surface area contributed by atoms with Crippen LogP contribution < -0.4 is 0 Å². The minimum absolute atomic E-state index is 0.0121. The van der Waals surface area contributed by atoms with E-state index in [-0.39, 0.29) is 12.1 Å². The number of rotatable bonds is 4. The van der Waals surface area contributed by atoms with E-state index in [1.165, 1.54) is 6.07 Å². The normalized spacial score (nSPS) is 17.3. The first-order valence-corrected chi connectivity index (χ1v) is 6.90. The van der Waals surface area contributed by atoms with Gasteiger partial charge in [-0.1, -0.05) is 34.8 Å². The zero-order valence-corrected chi connectivity index (χ0v) is 11.9. The molecule has 0 spiro atoms. The summed E-state index contributed by atoms with van der Waals surface area (Å²) in [5.74, 6) is -0.845. The maximum absolute atomic E-state index is 11.5. The first-order valence-electron chi connectivity index (χ1n) is 6.11. The third-order valence-corrected chi connectivity index (χ3v) is 4.28. The number of carboxylic acids is 1. The molecule has 1 N–H and O–H groups in total. The van der Waals surface area contributed by atoms with Crippen LogP contribution in [0.3, 0.4) is 0 Å². The van der Waals surface area contributed by atoms with Crippen LogP contribution in [0.4, 0.5) is 5.69 Å². The molecule has 0 aromatic heterocycles. The fraction of sp³-hybridized carbons (Fsp3) is 0.462. The predicted molar refractivity (Wildman–Crippen MR) is 73.0 cm³/mol. The third-order valence-electron chi connectivity index (χ3n) is 3.79. The van der Waals surface area contributed by atoms with E-state index < -0.39 is 16.3 Å². The highest BCUT2D eigenvalue weighted by atomic mass is 79.9. The molecule has 1 aliphatic rings. The van der Waals surface area contributed by atoms with Crippen LogP contribution in [0.5, 0.6) is 0 Å². The summed E-state index contributed by atoms with van der Waals surface area (Å²) in [6.45, 7) is 0. The Morgan fingerprint density at radius 3 is 2.58 bits per heavy atom. The Hall–Kier alpha value is -1.43. The van der Waals surface area contributed by atoms with Gasteiger partial charge in [-0.05, 0) is 25.3 Å². The number of aliphatic carboxylic acids is 1. The first-order chi connectivity index (χ1) is 8.94. The molecule has 0 aliphatic heterocycles. The second-order valence-corrected chi connectivity index (χ2v) is 5.92. The van der Waals surface area contributed by atoms with Gasteiger partial charge in [0.2, 0.25) is 0 Å². The van der Waals surface area contributed by atoms with Gasteiger partial charge in [-0.3, -0.25) is 14.9 Å². The SMILES string of the molecule is O=C(O)C1(Cc2ccc(Br)cc2[N+](=O)[O-])CCCC1. The summed E-state index contributed by atoms with van der Waals surface area (Å²) in [5.41, 5.74) is -0.349. The van der Waals surface area contributed by atoms with Crippen molar-refractivity contribution in [2.75, 3.05) is 0 Å². The second kappa shape index (κ2) is 5.28. The minimum Gasteiger partial charge on any atom is -0.481 e. The highest BCUT2D eigenvalue weighted by Gasteiger charge is 2.42. The predicted octanol–water partition coefficient (Wildman–Crippen LogP) is 3.54. The lowest BCUT2D eigenvalue weighted by Crippen LogP contribution is -2.30. The quantitative estimate of drug-likeness (QED) is 0.677. The summed E-state index contributed by atoms with van der Waals surface area (Å²) in [5, 5.41) is 20.5. The van der Waals surface area contributed by atoms with E-state index in [0.717, 1.165) is 12.8 Å². The molecule has 0 bridgehead atoms. The molecule has 19 heavy (non-hydrogen) atoms. The molecule has 2 rings (SSSR count). The molecule has 1 aromatic rings. The van der Waals surface area contributed by atoms with E-state index in [1.54, 1.807) is 12.1 Å². The number of nitro benzene ring substituents is 1. The molecule has 1 saturated carbocycles. The number of carbonyl (C=O) groups is 1. The van der Waals surface area contributed by atoms with Gasteiger partial charge < -0.3 is 5.11 Å². The Morgan fingerprint density at radius 1 is 1.42 bits per heavy atom. The van der Waals surface area contributed by atoms with Crippen molar-refractivity contribution in [1.82, 2.24) is 0 Å². The number of nitrogens with zero attached hydrogens (tertiary/aromatic N) is 1. The summed E-state index contributed by atoms with van der Waals surface area (Å²) in [6, 6.07) is 4.79. The summed E-state index contributed by atoms with van der Waals surface area (Å²) in [7, 11) is 0. The molecule has 0 amide bonds. The monoisotopic (exact) mass is 327 g/mol. The van der Waals surface area contributed by atoms with Crippen molar-refractivity contribution in [3.8, 4) is 0 Å². The van der Waals surface area contributed by atoms with Crippen LogP contribution in [-0.2, 0) is 11.2 Å². The van der Waals surface area contributed by atoms with Crippen LogP contribution >= 0.6 is 15.9 Å². The number of carboxylic acid groups (broad SMARTS) is 1. The van der Waals surface area contributed by atoms with Gasteiger partial charge in [0.25, 0.3) is 5.69 Å². The van der Waals surface area contributed by atoms with Crippen LogP contribution in [-0.4, -0.2) is 16.0 Å². The number of benzene rings is 1. The van der Waals surface area contributed by atoms with Crippen LogP contribution in [0.2, 0.25) is 0 Å². The lowest BCUT2D eigenvalue weighted by atomic mass is 9.80. The average molecular weight is 328 g/mol. The Morgan fingerprint density at radius 2 is 2.05 bits per heavy atom. The third kappa shape index (κ3) is 2.78. The fourth-order valence-corrected chi connectivity index (χ4v) is 3.09. The van der Waals surface area contributed by atoms with Crippen LogP contribution in [0.15, 0.2) is 22.7 Å². The molecule has 1 aromatic carbocycles. The molecule has 1 fully saturated rings. The molecular weight excluding hydrogens is 314 g/mol. The van der Waals surface area contributed by atoms with Crippen molar-refractivity contribution >= 4 is 27.6 Å². The lowest BCUT2D eigenvalue weighted by molar-refractivity contribution is -0.385. The highest BCUT2D eigenvalue weighted by molar-refractivity contribution is 9.10. The number of halogens is 1. The van der Waals surface area contributed by atoms with E-state index in [2.05, 4.69) is 15.9 Å². The Bertz CT molecular complexity index is 523. The standard InChI is InChI=1S/C13H14BrNO4/c14-10-4-3-9(11(7-10)15(18)19)8-13(12(16)17)5-1-2-6-13/h3-4,7H,1-2,5-6,8H2,(H,16,17). The zero-order valence-electron chi connectivity index (χ0n) is 10.3. The van der Waals surface area contributed by atoms with Gasteiger partial charge in [0.1, 0.15) is 0 Å². The van der Waals surface area contributed by atoms with Gasteiger partial charge >= 0.3 is 5.97 Å². The van der Waals surface area contributed by atoms with Crippen LogP contribution in [0.25, 0.3) is 0 Å². The van der Waals surface area contributed by atoms with Crippen molar-refractivity contribution in [3.63, 3.8) is 0 Å². The van der Waals surface area contributed by atoms with Crippen molar-refractivity contribution in [2.45, 2.75) is 32.1 Å². The fourth-order valence-electron chi connectivity index (χ4n) is 2.74. The molecular formula is C13H14BrNO4. The van der Waals surface area contributed by atoms with E-state index in [1.807, 2.05) is 0 Å². The smallest absolute Gasteiger partial charge is 0.309 e. The summed E-state index contributed by atoms with van der Waals surface area (Å²) in [6.07, 6.45) is 3.16. The molecule has 6 heteroatoms. The Kier molecular flexibility index (Phi) is 3.89. The molecule has 5 nitrogen and oxygen atoms in total. The van der Waals surface area contributed by atoms with Crippen LogP contribution in [0, 0.1) is 15.5 Å². The van der Waals surface area contributed by atoms with Crippen molar-refractivity contribution in [2.24, 2.45) is 5.41 Å². The molecule has 0 saturated heterocycles. The Balaban J connectivity index is 2.37. The maximum atomic E-state index is 11.5. The zero-order chi connectivity index (χ0) is 14.0. The van der Waals surface area contributed by atoms with Gasteiger partial charge in [0.05, 0.1) is 10.3 Å². The molecule has 102 valence electrons. The number of nitro groups is 1. The van der Waals surface area contributed by atoms with Gasteiger partial charge in [0.15, 0.2) is 0 Å². The molecule has 0 unspecified atom stereocenters. The summed E-state index contributed by atoms with van der Waals surface area (Å²) >= 11 is 3.20. The maximum Gasteiger partial charge on any atom is 0.309 e. The van der Waals surface area contributed by atoms with Crippen LogP contribution in [0.1, 0.15) is 31.2 Å². The van der Waals surface area contributed by atoms with Crippen molar-refractivity contribution in [1.29, 1.82) is 0 Å². The highest BCUT2D eigenvalue weighted by Crippen LogP contribution is 2.42. The van der Waals surface area contributed by atoms with Crippen molar-refractivity contribution in [3.05, 3.63) is 38.3 Å². The van der Waals surface area contributed by atoms with E-state index >= 15 is 0 Å². The average Bonchev–Trinajstić information content (AvgIpc) is 2.81. The topological polar surface area (TPSA) is 80.4 Å². The van der Waals surface area contributed by atoms with Gasteiger partial charge in [-0.2, -0.15) is 0 Å². The minimum atomic E-state index is -0.845. The van der Waals surface area contributed by atoms with Crippen molar-refractivity contribution < 1.29 is 14.8 Å². The van der Waals surface area contributed by atoms with E-state index in [9.17, 15) is 20.0 Å². The summed E-state index contributed by atoms with van der Waals surface area (Å²) < 4.78 is 0.624. The number of hydrogen-bond acceptors (Lipinski definition) is 3. The lowest BCUT2D eigenvalue weighted by Gasteiger charge is -2.23. The molecule has 0 radical (unpaired) electrons. The molecule has 1 aliphatic carbocycles. The Labute approximate surface area is 118 Å². The molecule has 0 heterocycles. The largest absolute Gasteiger partial charge is 0.481 e. The molecule has 0 atom stereocenters. The second-order valence-electron chi connectivity index (χ2n) is 5.00. The van der Waals surface area contributed by atoms with E-state index in [0.29, 0.717) is 22.9 Å². The van der Waals surface area contributed by atoms with Gasteiger partial charge in [-0.25, -0.2) is 0 Å². The number of hydrogen-bond donors (Lipinski definition) is 1.